The maximum atomic E-state index is 17.5. The van der Waals surface area contributed by atoms with Gasteiger partial charge in [-0.3, -0.25) is 19.4 Å². The summed E-state index contributed by atoms with van der Waals surface area (Å²) in [6.07, 6.45) is 4.41. The van der Waals surface area contributed by atoms with Gasteiger partial charge >= 0.3 is 5.69 Å². The molecule has 0 spiro atoms. The van der Waals surface area contributed by atoms with Gasteiger partial charge in [-0.15, -0.1) is 0 Å². The number of pyridine rings is 1. The minimum absolute atomic E-state index is 0.0272. The fourth-order valence-corrected chi connectivity index (χ4v) is 6.66. The Morgan fingerprint density at radius 1 is 1.13 bits per heavy atom. The van der Waals surface area contributed by atoms with Gasteiger partial charge in [0.2, 0.25) is 5.91 Å². The summed E-state index contributed by atoms with van der Waals surface area (Å²) in [5.74, 6) is -2.30. The van der Waals surface area contributed by atoms with Crippen molar-refractivity contribution in [1.82, 2.24) is 29.6 Å². The van der Waals surface area contributed by atoms with Gasteiger partial charge in [-0.25, -0.2) is 13.6 Å². The number of rotatable bonds is 4. The van der Waals surface area contributed by atoms with E-state index in [4.69, 9.17) is 4.74 Å². The normalized spacial score (nSPS) is 16.2. The van der Waals surface area contributed by atoms with E-state index in [-0.39, 0.29) is 59.6 Å². The third-order valence-corrected chi connectivity index (χ3v) is 8.82. The number of aromatic amines is 1. The van der Waals surface area contributed by atoms with Gasteiger partial charge < -0.3 is 14.5 Å². The summed E-state index contributed by atoms with van der Waals surface area (Å²) in [6.45, 7) is 11.8. The highest BCUT2D eigenvalue weighted by molar-refractivity contribution is 6.04. The number of hydrogen-bond donors (Lipinski definition) is 1. The van der Waals surface area contributed by atoms with Crippen LogP contribution in [0.25, 0.3) is 38.6 Å². The standard InChI is InChI=1S/C33H31F2N7O3/c1-6-22(43)40-11-12-41-19(14-40)15-45-31-25-30(26(34)24(27(31)35)23-17(4)7-8-21-20(23)13-37-39-21)42(33(44)38-32(25)41)29-18(5)9-10-36-28(29)16(2)3/h6-10,13,16,19H,1,11-12,14-15H2,2-5H3,(H,37,39). The maximum absolute atomic E-state index is 17.5. The molecule has 1 amide bonds. The molecular formula is C33H31F2N7O3. The van der Waals surface area contributed by atoms with Crippen molar-refractivity contribution < 1.29 is 18.3 Å². The van der Waals surface area contributed by atoms with E-state index in [0.717, 1.165) is 0 Å². The van der Waals surface area contributed by atoms with Crippen LogP contribution in [0, 0.1) is 25.5 Å². The van der Waals surface area contributed by atoms with Crippen LogP contribution in [0.2, 0.25) is 0 Å². The number of ether oxygens (including phenoxy) is 1. The van der Waals surface area contributed by atoms with Crippen molar-refractivity contribution in [2.75, 3.05) is 31.1 Å². The summed E-state index contributed by atoms with van der Waals surface area (Å²) in [7, 11) is 0. The predicted octanol–water partition coefficient (Wildman–Crippen LogP) is 4.94. The van der Waals surface area contributed by atoms with Crippen LogP contribution in [0.3, 0.4) is 0 Å². The monoisotopic (exact) mass is 611 g/mol. The summed E-state index contributed by atoms with van der Waals surface area (Å²) >= 11 is 0. The molecule has 2 aliphatic rings. The Labute approximate surface area is 257 Å². The summed E-state index contributed by atoms with van der Waals surface area (Å²) in [5.41, 5.74) is 1.93. The van der Waals surface area contributed by atoms with E-state index < -0.39 is 23.4 Å². The largest absolute Gasteiger partial charge is 0.487 e. The Kier molecular flexibility index (Phi) is 6.68. The van der Waals surface area contributed by atoms with Gasteiger partial charge in [0.05, 0.1) is 40.1 Å². The Hall–Kier alpha value is -5.13. The van der Waals surface area contributed by atoms with Crippen LogP contribution in [0.15, 0.2) is 48.0 Å². The minimum atomic E-state index is -0.927. The number of carbonyl (C=O) groups is 1. The van der Waals surface area contributed by atoms with Crippen molar-refractivity contribution in [2.24, 2.45) is 0 Å². The van der Waals surface area contributed by atoms with Crippen LogP contribution in [0.4, 0.5) is 14.6 Å². The molecule has 5 heterocycles. The molecule has 1 saturated heterocycles. The first-order valence-electron chi connectivity index (χ1n) is 14.8. The van der Waals surface area contributed by atoms with E-state index in [1.165, 1.54) is 16.8 Å². The van der Waals surface area contributed by atoms with Gasteiger partial charge in [-0.1, -0.05) is 26.5 Å². The van der Waals surface area contributed by atoms with Crippen molar-refractivity contribution in [3.05, 3.63) is 82.2 Å². The number of aromatic nitrogens is 5. The fraction of sp³-hybridized carbons (Fsp3) is 0.303. The number of hydrogen-bond acceptors (Lipinski definition) is 7. The molecule has 12 heteroatoms. The molecule has 10 nitrogen and oxygen atoms in total. The molecule has 2 aromatic carbocycles. The SMILES string of the molecule is C=CC(=O)N1CCN2c3nc(=O)n(-c4c(C)ccnc4C(C)C)c4c(F)c(-c5c(C)ccc6[nH]ncc56)c(F)c(c34)OCC2C1. The van der Waals surface area contributed by atoms with Gasteiger partial charge in [-0.05, 0) is 49.1 Å². The highest BCUT2D eigenvalue weighted by atomic mass is 19.1. The lowest BCUT2D eigenvalue weighted by atomic mass is 9.94. The fourth-order valence-electron chi connectivity index (χ4n) is 6.66. The van der Waals surface area contributed by atoms with E-state index >= 15 is 8.78 Å². The van der Waals surface area contributed by atoms with Gasteiger partial charge in [0, 0.05) is 36.8 Å². The number of H-pyrrole nitrogens is 1. The predicted molar refractivity (Wildman–Crippen MR) is 167 cm³/mol. The molecule has 1 unspecified atom stereocenters. The highest BCUT2D eigenvalue weighted by Crippen LogP contribution is 2.47. The molecule has 1 fully saturated rings. The average Bonchev–Trinajstić information content (AvgIpc) is 3.44. The molecule has 45 heavy (non-hydrogen) atoms. The topological polar surface area (TPSA) is 109 Å². The first kappa shape index (κ1) is 28.6. The first-order chi connectivity index (χ1) is 21.6. The second-order valence-corrected chi connectivity index (χ2v) is 11.9. The van der Waals surface area contributed by atoms with Crippen LogP contribution in [-0.4, -0.2) is 67.8 Å². The van der Waals surface area contributed by atoms with Gasteiger partial charge in [0.15, 0.2) is 17.4 Å². The number of nitrogens with zero attached hydrogens (tertiary/aromatic N) is 6. The third kappa shape index (κ3) is 4.22. The molecule has 0 bridgehead atoms. The van der Waals surface area contributed by atoms with Crippen LogP contribution in [0.5, 0.6) is 5.75 Å². The van der Waals surface area contributed by atoms with E-state index in [0.29, 0.717) is 45.5 Å². The average molecular weight is 612 g/mol. The third-order valence-electron chi connectivity index (χ3n) is 8.82. The van der Waals surface area contributed by atoms with Gasteiger partial charge in [0.1, 0.15) is 17.9 Å². The Bertz CT molecular complexity index is 2120. The lowest BCUT2D eigenvalue weighted by molar-refractivity contribution is -0.126. The molecule has 230 valence electrons. The number of anilines is 1. The summed E-state index contributed by atoms with van der Waals surface area (Å²) in [4.78, 5) is 39.2. The van der Waals surface area contributed by atoms with Crippen LogP contribution < -0.4 is 15.3 Å². The molecule has 0 aliphatic carbocycles. The molecule has 0 radical (unpaired) electrons. The van der Waals surface area contributed by atoms with Crippen molar-refractivity contribution >= 4 is 33.5 Å². The molecule has 0 saturated carbocycles. The van der Waals surface area contributed by atoms with Crippen molar-refractivity contribution in [3.63, 3.8) is 0 Å². The molecule has 1 atom stereocenters. The van der Waals surface area contributed by atoms with Crippen molar-refractivity contribution in [1.29, 1.82) is 0 Å². The zero-order valence-electron chi connectivity index (χ0n) is 25.3. The number of aryl methyl sites for hydroxylation is 2. The van der Waals surface area contributed by atoms with Crippen LogP contribution in [-0.2, 0) is 4.79 Å². The van der Waals surface area contributed by atoms with Crippen molar-refractivity contribution in [3.8, 4) is 22.6 Å². The summed E-state index contributed by atoms with van der Waals surface area (Å²) < 4.78 is 41.9. The first-order valence-corrected chi connectivity index (χ1v) is 14.8. The molecule has 1 N–H and O–H groups in total. The number of benzene rings is 2. The lowest BCUT2D eigenvalue weighted by Crippen LogP contribution is -2.56. The molecular weight excluding hydrogens is 580 g/mol. The van der Waals surface area contributed by atoms with E-state index in [1.54, 1.807) is 36.2 Å². The molecule has 3 aromatic heterocycles. The Morgan fingerprint density at radius 3 is 2.69 bits per heavy atom. The zero-order valence-corrected chi connectivity index (χ0v) is 25.3. The molecule has 2 aliphatic heterocycles. The summed E-state index contributed by atoms with van der Waals surface area (Å²) in [5, 5.41) is 7.55. The number of fused-ring (bicyclic) bond motifs is 3. The summed E-state index contributed by atoms with van der Waals surface area (Å²) in [6, 6.07) is 4.82. The Balaban J connectivity index is 1.62. The smallest absolute Gasteiger partial charge is 0.354 e. The van der Waals surface area contributed by atoms with Gasteiger partial charge in [-0.2, -0.15) is 10.1 Å². The van der Waals surface area contributed by atoms with Crippen molar-refractivity contribution in [2.45, 2.75) is 39.7 Å². The number of halogens is 2. The number of piperazine rings is 1. The second-order valence-electron chi connectivity index (χ2n) is 11.9. The lowest BCUT2D eigenvalue weighted by Gasteiger charge is -2.40. The minimum Gasteiger partial charge on any atom is -0.487 e. The maximum Gasteiger partial charge on any atom is 0.354 e. The van der Waals surface area contributed by atoms with Crippen LogP contribution in [0.1, 0.15) is 36.6 Å². The molecule has 7 rings (SSSR count). The zero-order chi connectivity index (χ0) is 31.7. The van der Waals surface area contributed by atoms with E-state index in [1.807, 2.05) is 25.7 Å². The second kappa shape index (κ2) is 10.5. The Morgan fingerprint density at radius 2 is 1.93 bits per heavy atom. The van der Waals surface area contributed by atoms with Gasteiger partial charge in [0.25, 0.3) is 0 Å². The number of amides is 1. The quantitative estimate of drug-likeness (QED) is 0.287. The van der Waals surface area contributed by atoms with E-state index in [2.05, 4.69) is 26.7 Å². The van der Waals surface area contributed by atoms with E-state index in [9.17, 15) is 9.59 Å². The number of carbonyl (C=O) groups excluding carboxylic acids is 1. The molecule has 5 aromatic rings. The number of nitrogens with one attached hydrogen (secondary N) is 1. The van der Waals surface area contributed by atoms with Crippen LogP contribution >= 0.6 is 0 Å². The highest BCUT2D eigenvalue weighted by Gasteiger charge is 2.39.